The number of phenolic OH excluding ortho intramolecular Hbond substituents is 1. The number of phenols is 1. The van der Waals surface area contributed by atoms with E-state index in [-0.39, 0.29) is 5.75 Å². The van der Waals surface area contributed by atoms with Gasteiger partial charge in [-0.2, -0.15) is 9.29 Å². The van der Waals surface area contributed by atoms with E-state index in [0.717, 1.165) is 6.42 Å². The third-order valence-electron chi connectivity index (χ3n) is 4.44. The van der Waals surface area contributed by atoms with E-state index in [4.69, 9.17) is 4.52 Å². The smallest absolute Gasteiger partial charge is 0.253 e. The summed E-state index contributed by atoms with van der Waals surface area (Å²) in [6.07, 6.45) is 1.38. The first-order chi connectivity index (χ1) is 12.5. The molecule has 1 N–H and O–H groups in total. The zero-order chi connectivity index (χ0) is 18.3. The number of aromatic hydroxyl groups is 1. The van der Waals surface area contributed by atoms with E-state index < -0.39 is 16.1 Å². The summed E-state index contributed by atoms with van der Waals surface area (Å²) in [5.41, 5.74) is 1.41. The second kappa shape index (κ2) is 6.49. The molecule has 3 aromatic rings. The standard InChI is InChI=1S/C17H17N3O4S2/c1-11-10-12(6-7-14(11)21)16-18-17(24-19-16)13-4-2-8-20(13)26(22,23)15-5-3-9-25-15/h3,5-7,9-10,13,21H,2,4,8H2,1H3. The average molecular weight is 391 g/mol. The van der Waals surface area contributed by atoms with Gasteiger partial charge < -0.3 is 9.63 Å². The molecular weight excluding hydrogens is 374 g/mol. The Morgan fingerprint density at radius 3 is 2.92 bits per heavy atom. The van der Waals surface area contributed by atoms with Gasteiger partial charge in [-0.1, -0.05) is 11.2 Å². The first-order valence-electron chi connectivity index (χ1n) is 8.16. The van der Waals surface area contributed by atoms with Crippen molar-refractivity contribution in [3.63, 3.8) is 0 Å². The first kappa shape index (κ1) is 17.2. The molecule has 1 saturated heterocycles. The minimum Gasteiger partial charge on any atom is -0.508 e. The molecule has 0 saturated carbocycles. The van der Waals surface area contributed by atoms with E-state index in [9.17, 15) is 13.5 Å². The number of aromatic nitrogens is 2. The summed E-state index contributed by atoms with van der Waals surface area (Å²) in [5, 5.41) is 15.4. The average Bonchev–Trinajstić information content (AvgIpc) is 3.37. The van der Waals surface area contributed by atoms with Crippen molar-refractivity contribution < 1.29 is 18.0 Å². The molecule has 26 heavy (non-hydrogen) atoms. The Balaban J connectivity index is 1.65. The van der Waals surface area contributed by atoms with Crippen molar-refractivity contribution in [1.82, 2.24) is 14.4 Å². The molecule has 1 fully saturated rings. The Morgan fingerprint density at radius 2 is 2.19 bits per heavy atom. The van der Waals surface area contributed by atoms with Crippen LogP contribution in [0.5, 0.6) is 5.75 Å². The van der Waals surface area contributed by atoms with Crippen LogP contribution in [0.2, 0.25) is 0 Å². The third-order valence-corrected chi connectivity index (χ3v) is 7.72. The molecular formula is C17H17N3O4S2. The van der Waals surface area contributed by atoms with Crippen molar-refractivity contribution in [2.75, 3.05) is 6.54 Å². The van der Waals surface area contributed by atoms with Crippen LogP contribution in [0, 0.1) is 6.92 Å². The van der Waals surface area contributed by atoms with Gasteiger partial charge in [0, 0.05) is 12.1 Å². The highest BCUT2D eigenvalue weighted by atomic mass is 32.2. The molecule has 4 rings (SSSR count). The summed E-state index contributed by atoms with van der Waals surface area (Å²) in [6.45, 7) is 2.22. The van der Waals surface area contributed by atoms with Crippen LogP contribution in [0.25, 0.3) is 11.4 Å². The van der Waals surface area contributed by atoms with Crippen LogP contribution in [0.1, 0.15) is 30.3 Å². The van der Waals surface area contributed by atoms with E-state index in [1.807, 2.05) is 0 Å². The van der Waals surface area contributed by atoms with Crippen LogP contribution >= 0.6 is 11.3 Å². The molecule has 1 aliphatic heterocycles. The summed E-state index contributed by atoms with van der Waals surface area (Å²) in [5.74, 6) is 0.869. The van der Waals surface area contributed by atoms with Crippen LogP contribution in [0.15, 0.2) is 44.4 Å². The third kappa shape index (κ3) is 2.91. The van der Waals surface area contributed by atoms with Crippen molar-refractivity contribution in [2.45, 2.75) is 30.0 Å². The first-order valence-corrected chi connectivity index (χ1v) is 10.5. The maximum absolute atomic E-state index is 12.9. The fourth-order valence-corrected chi connectivity index (χ4v) is 5.85. The number of rotatable bonds is 4. The predicted molar refractivity (Wildman–Crippen MR) is 96.3 cm³/mol. The van der Waals surface area contributed by atoms with E-state index in [2.05, 4.69) is 10.1 Å². The monoisotopic (exact) mass is 391 g/mol. The van der Waals surface area contributed by atoms with Crippen molar-refractivity contribution in [1.29, 1.82) is 0 Å². The largest absolute Gasteiger partial charge is 0.508 e. The zero-order valence-electron chi connectivity index (χ0n) is 14.0. The molecule has 7 nitrogen and oxygen atoms in total. The number of aryl methyl sites for hydroxylation is 1. The van der Waals surface area contributed by atoms with Crippen molar-refractivity contribution in [2.24, 2.45) is 0 Å². The second-order valence-corrected chi connectivity index (χ2v) is 9.23. The van der Waals surface area contributed by atoms with Crippen LogP contribution < -0.4 is 0 Å². The fraction of sp³-hybridized carbons (Fsp3) is 0.294. The number of nitrogens with zero attached hydrogens (tertiary/aromatic N) is 3. The molecule has 1 aromatic carbocycles. The SMILES string of the molecule is Cc1cc(-c2noc(C3CCCN3S(=O)(=O)c3cccs3)n2)ccc1O. The minimum atomic E-state index is -3.57. The summed E-state index contributed by atoms with van der Waals surface area (Å²) >= 11 is 1.20. The van der Waals surface area contributed by atoms with Crippen LogP contribution in [0.3, 0.4) is 0 Å². The summed E-state index contributed by atoms with van der Waals surface area (Å²) in [4.78, 5) is 4.42. The van der Waals surface area contributed by atoms with E-state index in [0.29, 0.717) is 40.0 Å². The van der Waals surface area contributed by atoms with E-state index >= 15 is 0 Å². The van der Waals surface area contributed by atoms with E-state index in [1.54, 1.807) is 42.6 Å². The topological polar surface area (TPSA) is 96.5 Å². The molecule has 1 unspecified atom stereocenters. The van der Waals surface area contributed by atoms with Crippen LogP contribution in [0.4, 0.5) is 0 Å². The number of hydrogen-bond donors (Lipinski definition) is 1. The van der Waals surface area contributed by atoms with Crippen molar-refractivity contribution in [3.8, 4) is 17.1 Å². The number of hydrogen-bond acceptors (Lipinski definition) is 7. The Bertz CT molecular complexity index is 1030. The lowest BCUT2D eigenvalue weighted by molar-refractivity contribution is 0.291. The number of benzene rings is 1. The van der Waals surface area contributed by atoms with Gasteiger partial charge >= 0.3 is 0 Å². The van der Waals surface area contributed by atoms with Gasteiger partial charge in [-0.25, -0.2) is 8.42 Å². The maximum Gasteiger partial charge on any atom is 0.253 e. The van der Waals surface area contributed by atoms with Gasteiger partial charge in [0.25, 0.3) is 10.0 Å². The Labute approximate surface area is 155 Å². The molecule has 0 amide bonds. The molecule has 136 valence electrons. The highest BCUT2D eigenvalue weighted by Crippen LogP contribution is 2.37. The van der Waals surface area contributed by atoms with Crippen molar-refractivity contribution >= 4 is 21.4 Å². The van der Waals surface area contributed by atoms with Gasteiger partial charge in [0.05, 0.1) is 0 Å². The highest BCUT2D eigenvalue weighted by molar-refractivity contribution is 7.91. The Morgan fingerprint density at radius 1 is 1.35 bits per heavy atom. The second-order valence-electron chi connectivity index (χ2n) is 6.16. The van der Waals surface area contributed by atoms with Gasteiger partial charge in [-0.05, 0) is 55.0 Å². The summed E-state index contributed by atoms with van der Waals surface area (Å²) in [6, 6.07) is 7.91. The molecule has 1 atom stereocenters. The van der Waals surface area contributed by atoms with Crippen molar-refractivity contribution in [3.05, 3.63) is 47.2 Å². The van der Waals surface area contributed by atoms with Gasteiger partial charge in [-0.15, -0.1) is 11.3 Å². The van der Waals surface area contributed by atoms with Gasteiger partial charge in [0.2, 0.25) is 11.7 Å². The number of sulfonamides is 1. The predicted octanol–water partition coefficient (Wildman–Crippen LogP) is 3.34. The highest BCUT2D eigenvalue weighted by Gasteiger charge is 2.39. The molecule has 0 radical (unpaired) electrons. The summed E-state index contributed by atoms with van der Waals surface area (Å²) < 4.78 is 32.9. The minimum absolute atomic E-state index is 0.196. The maximum atomic E-state index is 12.9. The normalized spacial score (nSPS) is 18.4. The van der Waals surface area contributed by atoms with Gasteiger partial charge in [0.1, 0.15) is 16.0 Å². The molecule has 0 aliphatic carbocycles. The molecule has 3 heterocycles. The number of thiophene rings is 1. The van der Waals surface area contributed by atoms with Gasteiger partial charge in [-0.3, -0.25) is 0 Å². The summed E-state index contributed by atoms with van der Waals surface area (Å²) in [7, 11) is -3.57. The Kier molecular flexibility index (Phi) is 4.29. The lowest BCUT2D eigenvalue weighted by Gasteiger charge is -2.20. The zero-order valence-corrected chi connectivity index (χ0v) is 15.6. The lowest BCUT2D eigenvalue weighted by atomic mass is 10.1. The fourth-order valence-electron chi connectivity index (χ4n) is 3.08. The molecule has 1 aliphatic rings. The quantitative estimate of drug-likeness (QED) is 0.733. The molecule has 9 heteroatoms. The van der Waals surface area contributed by atoms with Gasteiger partial charge in [0.15, 0.2) is 0 Å². The Hall–Kier alpha value is -2.23. The molecule has 0 bridgehead atoms. The van der Waals surface area contributed by atoms with E-state index in [1.165, 1.54) is 15.6 Å². The van der Waals surface area contributed by atoms with Crippen LogP contribution in [-0.4, -0.2) is 34.5 Å². The lowest BCUT2D eigenvalue weighted by Crippen LogP contribution is -2.30. The molecule has 0 spiro atoms. The molecule has 2 aromatic heterocycles. The van der Waals surface area contributed by atoms with Crippen LogP contribution in [-0.2, 0) is 10.0 Å².